The Morgan fingerprint density at radius 2 is 2.17 bits per heavy atom. The van der Waals surface area contributed by atoms with Crippen LogP contribution in [0.4, 0.5) is 10.5 Å². The molecule has 0 atom stereocenters. The van der Waals surface area contributed by atoms with Crippen molar-refractivity contribution in [3.8, 4) is 5.75 Å². The molecular formula is C16H20N4O3. The molecule has 1 fully saturated rings. The number of nitrogens with zero attached hydrogens (tertiary/aromatic N) is 2. The third kappa shape index (κ3) is 4.21. The second-order valence-electron chi connectivity index (χ2n) is 5.79. The summed E-state index contributed by atoms with van der Waals surface area (Å²) in [4.78, 5) is 16.3. The van der Waals surface area contributed by atoms with E-state index < -0.39 is 0 Å². The Balaban J connectivity index is 1.54. The van der Waals surface area contributed by atoms with E-state index in [0.29, 0.717) is 23.2 Å². The molecule has 7 heteroatoms. The number of anilines is 1. The van der Waals surface area contributed by atoms with Crippen LogP contribution in [-0.2, 0) is 6.54 Å². The van der Waals surface area contributed by atoms with Crippen molar-refractivity contribution >= 4 is 11.7 Å². The van der Waals surface area contributed by atoms with Gasteiger partial charge in [-0.3, -0.25) is 0 Å². The molecule has 0 spiro atoms. The Bertz CT molecular complexity index is 679. The number of aromatic nitrogens is 2. The SMILES string of the molecule is CC(C)Oc1ccccc1NC(=O)NCc1nc(C2CC2)no1. The van der Waals surface area contributed by atoms with E-state index in [9.17, 15) is 4.79 Å². The predicted molar refractivity (Wildman–Crippen MR) is 84.3 cm³/mol. The van der Waals surface area contributed by atoms with Crippen LogP contribution >= 0.6 is 0 Å². The molecule has 1 saturated carbocycles. The molecule has 1 heterocycles. The van der Waals surface area contributed by atoms with Crippen LogP contribution in [0.2, 0.25) is 0 Å². The molecule has 1 aromatic heterocycles. The molecule has 1 aromatic carbocycles. The average molecular weight is 316 g/mol. The normalized spacial score (nSPS) is 13.9. The van der Waals surface area contributed by atoms with E-state index in [1.165, 1.54) is 0 Å². The summed E-state index contributed by atoms with van der Waals surface area (Å²) in [5, 5.41) is 9.37. The highest BCUT2D eigenvalue weighted by Crippen LogP contribution is 2.38. The van der Waals surface area contributed by atoms with Gasteiger partial charge in [0.25, 0.3) is 0 Å². The maximum atomic E-state index is 12.0. The molecule has 23 heavy (non-hydrogen) atoms. The molecule has 0 unspecified atom stereocenters. The molecule has 0 bridgehead atoms. The third-order valence-electron chi connectivity index (χ3n) is 3.32. The minimum atomic E-state index is -0.351. The highest BCUT2D eigenvalue weighted by atomic mass is 16.5. The summed E-state index contributed by atoms with van der Waals surface area (Å²) in [5.41, 5.74) is 0.614. The number of benzene rings is 1. The molecular weight excluding hydrogens is 296 g/mol. The van der Waals surface area contributed by atoms with Crippen LogP contribution in [0, 0.1) is 0 Å². The average Bonchev–Trinajstić information content (AvgIpc) is 3.26. The van der Waals surface area contributed by atoms with Crippen molar-refractivity contribution in [2.75, 3.05) is 5.32 Å². The summed E-state index contributed by atoms with van der Waals surface area (Å²) in [6, 6.07) is 6.95. The smallest absolute Gasteiger partial charge is 0.319 e. The number of carbonyl (C=O) groups is 1. The highest BCUT2D eigenvalue weighted by molar-refractivity contribution is 5.90. The van der Waals surface area contributed by atoms with Crippen molar-refractivity contribution in [3.63, 3.8) is 0 Å². The van der Waals surface area contributed by atoms with Crippen LogP contribution in [0.25, 0.3) is 0 Å². The summed E-state index contributed by atoms with van der Waals surface area (Å²) in [6.07, 6.45) is 2.25. The lowest BCUT2D eigenvalue weighted by molar-refractivity contribution is 0.241. The Morgan fingerprint density at radius 3 is 2.91 bits per heavy atom. The Kier molecular flexibility index (Phi) is 4.45. The van der Waals surface area contributed by atoms with Crippen LogP contribution in [0.5, 0.6) is 5.75 Å². The van der Waals surface area contributed by atoms with E-state index in [0.717, 1.165) is 18.7 Å². The predicted octanol–water partition coefficient (Wildman–Crippen LogP) is 3.06. The van der Waals surface area contributed by atoms with E-state index in [-0.39, 0.29) is 18.7 Å². The maximum absolute atomic E-state index is 12.0. The Labute approximate surface area is 134 Å². The van der Waals surface area contributed by atoms with Gasteiger partial charge in [-0.25, -0.2) is 4.79 Å². The van der Waals surface area contributed by atoms with E-state index >= 15 is 0 Å². The van der Waals surface area contributed by atoms with Crippen LogP contribution < -0.4 is 15.4 Å². The second kappa shape index (κ2) is 6.68. The molecule has 0 aliphatic heterocycles. The van der Waals surface area contributed by atoms with E-state index in [2.05, 4.69) is 20.8 Å². The minimum absolute atomic E-state index is 0.0280. The zero-order valence-corrected chi connectivity index (χ0v) is 13.2. The number of hydrogen-bond acceptors (Lipinski definition) is 5. The number of rotatable bonds is 6. The van der Waals surface area contributed by atoms with Gasteiger partial charge in [-0.1, -0.05) is 17.3 Å². The molecule has 1 aliphatic rings. The van der Waals surface area contributed by atoms with E-state index in [1.807, 2.05) is 32.0 Å². The van der Waals surface area contributed by atoms with Crippen LogP contribution in [-0.4, -0.2) is 22.3 Å². The first-order valence-electron chi connectivity index (χ1n) is 7.75. The lowest BCUT2D eigenvalue weighted by Gasteiger charge is -2.14. The van der Waals surface area contributed by atoms with Crippen LogP contribution in [0.3, 0.4) is 0 Å². The third-order valence-corrected chi connectivity index (χ3v) is 3.32. The molecule has 3 rings (SSSR count). The van der Waals surface area contributed by atoms with Crippen molar-refractivity contribution in [3.05, 3.63) is 36.0 Å². The summed E-state index contributed by atoms with van der Waals surface area (Å²) >= 11 is 0. The van der Waals surface area contributed by atoms with Gasteiger partial charge in [-0.2, -0.15) is 4.98 Å². The first-order chi connectivity index (χ1) is 11.1. The van der Waals surface area contributed by atoms with Gasteiger partial charge in [-0.05, 0) is 38.8 Å². The fraction of sp³-hybridized carbons (Fsp3) is 0.438. The zero-order valence-electron chi connectivity index (χ0n) is 13.2. The summed E-state index contributed by atoms with van der Waals surface area (Å²) in [6.45, 7) is 4.06. The van der Waals surface area contributed by atoms with E-state index in [1.54, 1.807) is 6.07 Å². The van der Waals surface area contributed by atoms with Crippen molar-refractivity contribution in [2.24, 2.45) is 0 Å². The molecule has 7 nitrogen and oxygen atoms in total. The number of urea groups is 1. The van der Waals surface area contributed by atoms with Crippen molar-refractivity contribution in [2.45, 2.75) is 45.3 Å². The van der Waals surface area contributed by atoms with Crippen LogP contribution in [0.1, 0.15) is 44.3 Å². The first-order valence-corrected chi connectivity index (χ1v) is 7.75. The number of amides is 2. The summed E-state index contributed by atoms with van der Waals surface area (Å²) in [5.74, 6) is 2.21. The molecule has 0 radical (unpaired) electrons. The first kappa shape index (κ1) is 15.3. The van der Waals surface area contributed by atoms with Gasteiger partial charge in [-0.15, -0.1) is 0 Å². The van der Waals surface area contributed by atoms with Crippen molar-refractivity contribution in [1.82, 2.24) is 15.5 Å². The fourth-order valence-electron chi connectivity index (χ4n) is 2.10. The van der Waals surface area contributed by atoms with E-state index in [4.69, 9.17) is 9.26 Å². The number of para-hydroxylation sites is 2. The number of nitrogens with one attached hydrogen (secondary N) is 2. The molecule has 0 saturated heterocycles. The minimum Gasteiger partial charge on any atom is -0.489 e. The number of ether oxygens (including phenoxy) is 1. The van der Waals surface area contributed by atoms with Gasteiger partial charge in [0.1, 0.15) is 5.75 Å². The summed E-state index contributed by atoms with van der Waals surface area (Å²) < 4.78 is 10.8. The zero-order chi connectivity index (χ0) is 16.2. The van der Waals surface area contributed by atoms with Gasteiger partial charge in [0.05, 0.1) is 18.3 Å². The monoisotopic (exact) mass is 316 g/mol. The Morgan fingerprint density at radius 1 is 1.39 bits per heavy atom. The lowest BCUT2D eigenvalue weighted by Crippen LogP contribution is -2.28. The molecule has 2 amide bonds. The number of hydrogen-bond donors (Lipinski definition) is 2. The maximum Gasteiger partial charge on any atom is 0.319 e. The molecule has 1 aliphatic carbocycles. The number of carbonyl (C=O) groups excluding carboxylic acids is 1. The van der Waals surface area contributed by atoms with Crippen molar-refractivity contribution < 1.29 is 14.1 Å². The van der Waals surface area contributed by atoms with Gasteiger partial charge >= 0.3 is 6.03 Å². The van der Waals surface area contributed by atoms with Gasteiger partial charge in [0.15, 0.2) is 5.82 Å². The standard InChI is InChI=1S/C16H20N4O3/c1-10(2)22-13-6-4-3-5-12(13)18-16(21)17-9-14-19-15(20-23-14)11-7-8-11/h3-6,10-11H,7-9H2,1-2H3,(H2,17,18,21). The molecule has 2 aromatic rings. The topological polar surface area (TPSA) is 89.3 Å². The lowest BCUT2D eigenvalue weighted by atomic mass is 10.3. The quantitative estimate of drug-likeness (QED) is 0.855. The highest BCUT2D eigenvalue weighted by Gasteiger charge is 2.28. The fourth-order valence-corrected chi connectivity index (χ4v) is 2.10. The van der Waals surface area contributed by atoms with Crippen LogP contribution in [0.15, 0.2) is 28.8 Å². The molecule has 2 N–H and O–H groups in total. The van der Waals surface area contributed by atoms with Gasteiger partial charge < -0.3 is 19.9 Å². The largest absolute Gasteiger partial charge is 0.489 e. The summed E-state index contributed by atoms with van der Waals surface area (Å²) in [7, 11) is 0. The van der Waals surface area contributed by atoms with Gasteiger partial charge in [0.2, 0.25) is 5.89 Å². The molecule has 122 valence electrons. The van der Waals surface area contributed by atoms with Crippen molar-refractivity contribution in [1.29, 1.82) is 0 Å². The second-order valence-corrected chi connectivity index (χ2v) is 5.79. The Hall–Kier alpha value is -2.57. The van der Waals surface area contributed by atoms with Gasteiger partial charge in [0, 0.05) is 5.92 Å².